The fraction of sp³-hybridized carbons (Fsp3) is 0.953. The summed E-state index contributed by atoms with van der Waals surface area (Å²) < 4.78 is 68.7. The summed E-state index contributed by atoms with van der Waals surface area (Å²) in [5, 5.41) is 10.6. The SMILES string of the molecule is CCCCCCCCCCCCCCCCCCCCCCCCC(=O)O[C@H](COC(=O)CCCCCCCCCCCCCCCCCCCCC)COP(=O)(O)OC[C@@H](O)COP(=O)(O)OC[C@@H](COC(=O)CCCCCCCCC)OC(=O)CCCCCCCCCCCCCCCC(C)C. The Morgan fingerprint density at radius 2 is 0.442 bits per heavy atom. The Hall–Kier alpha value is -1.94. The fourth-order valence-corrected chi connectivity index (χ4v) is 14.9. The van der Waals surface area contributed by atoms with Gasteiger partial charge in [0.05, 0.1) is 26.4 Å². The molecular formula is C85H166O17P2. The Bertz CT molecular complexity index is 1980. The van der Waals surface area contributed by atoms with Crippen LogP contribution in [0.3, 0.4) is 0 Å². The standard InChI is InChI=1S/C85H166O17P2/c1-6-9-12-15-18-20-22-24-26-28-30-31-32-34-36-38-42-46-50-55-60-65-70-85(90)102-81(75-96-83(88)69-64-59-54-49-45-41-37-35-33-29-27-25-23-21-19-16-13-10-7-2)77-100-104(93,94)98-73-79(86)72-97-103(91,92)99-76-80(74-95-82(87)68-63-58-52-17-14-11-8-3)101-84(89)71-66-61-56-51-47-43-39-40-44-48-53-57-62-67-78(4)5/h78-81,86H,6-77H2,1-5H3,(H,91,92)(H,93,94)/t79-,80+,81+/m0/s1. The number of carbonyl (C=O) groups excluding carboxylic acids is 4. The molecule has 0 amide bonds. The summed E-state index contributed by atoms with van der Waals surface area (Å²) in [4.78, 5) is 73.0. The quantitative estimate of drug-likeness (QED) is 0.0222. The van der Waals surface area contributed by atoms with E-state index in [1.807, 2.05) is 0 Å². The van der Waals surface area contributed by atoms with Crippen LogP contribution in [0.4, 0.5) is 0 Å². The van der Waals surface area contributed by atoms with Crippen molar-refractivity contribution in [2.45, 2.75) is 477 Å². The summed E-state index contributed by atoms with van der Waals surface area (Å²) in [7, 11) is -9.92. The smallest absolute Gasteiger partial charge is 0.462 e. The molecule has 0 saturated carbocycles. The number of hydrogen-bond donors (Lipinski definition) is 3. The van der Waals surface area contributed by atoms with Gasteiger partial charge in [0.2, 0.25) is 0 Å². The molecule has 0 radical (unpaired) electrons. The maximum absolute atomic E-state index is 13.1. The molecule has 0 heterocycles. The summed E-state index contributed by atoms with van der Waals surface area (Å²) in [5.41, 5.74) is 0. The highest BCUT2D eigenvalue weighted by Gasteiger charge is 2.30. The highest BCUT2D eigenvalue weighted by Crippen LogP contribution is 2.45. The van der Waals surface area contributed by atoms with Gasteiger partial charge in [0.25, 0.3) is 0 Å². The van der Waals surface area contributed by atoms with Gasteiger partial charge in [0.1, 0.15) is 19.3 Å². The molecular weight excluding hydrogens is 1350 g/mol. The molecule has 104 heavy (non-hydrogen) atoms. The van der Waals surface area contributed by atoms with Crippen molar-refractivity contribution in [2.75, 3.05) is 39.6 Å². The summed E-state index contributed by atoms with van der Waals surface area (Å²) in [5.74, 6) is -1.32. The maximum atomic E-state index is 13.1. The number of phosphoric acid groups is 2. The normalized spacial score (nSPS) is 13.8. The Morgan fingerprint density at radius 1 is 0.260 bits per heavy atom. The van der Waals surface area contributed by atoms with Crippen molar-refractivity contribution in [1.29, 1.82) is 0 Å². The van der Waals surface area contributed by atoms with Gasteiger partial charge < -0.3 is 33.8 Å². The average molecular weight is 1520 g/mol. The van der Waals surface area contributed by atoms with E-state index in [2.05, 4.69) is 34.6 Å². The first kappa shape index (κ1) is 102. The third-order valence-electron chi connectivity index (χ3n) is 20.0. The fourth-order valence-electron chi connectivity index (χ4n) is 13.3. The topological polar surface area (TPSA) is 237 Å². The first-order valence-corrected chi connectivity index (χ1v) is 47.1. The second kappa shape index (κ2) is 77.8. The number of rotatable bonds is 85. The molecule has 0 aromatic rings. The molecule has 0 rings (SSSR count). The molecule has 0 aliphatic heterocycles. The van der Waals surface area contributed by atoms with Crippen LogP contribution in [0.25, 0.3) is 0 Å². The summed E-state index contributed by atoms with van der Waals surface area (Å²) in [6.45, 7) is 7.32. The van der Waals surface area contributed by atoms with Crippen LogP contribution in [0, 0.1) is 5.92 Å². The van der Waals surface area contributed by atoms with Crippen molar-refractivity contribution in [3.63, 3.8) is 0 Å². The van der Waals surface area contributed by atoms with Crippen LogP contribution in [-0.2, 0) is 65.4 Å². The molecule has 3 N–H and O–H groups in total. The number of aliphatic hydroxyl groups is 1. The molecule has 618 valence electrons. The zero-order chi connectivity index (χ0) is 76.2. The number of esters is 4. The zero-order valence-electron chi connectivity index (χ0n) is 68.2. The van der Waals surface area contributed by atoms with Gasteiger partial charge in [0.15, 0.2) is 12.2 Å². The van der Waals surface area contributed by atoms with Crippen molar-refractivity contribution in [2.24, 2.45) is 5.92 Å². The third-order valence-corrected chi connectivity index (χ3v) is 21.9. The van der Waals surface area contributed by atoms with E-state index < -0.39 is 97.5 Å². The van der Waals surface area contributed by atoms with E-state index in [0.29, 0.717) is 25.7 Å². The second-order valence-electron chi connectivity index (χ2n) is 31.1. The van der Waals surface area contributed by atoms with Crippen molar-refractivity contribution in [1.82, 2.24) is 0 Å². The minimum absolute atomic E-state index is 0.107. The largest absolute Gasteiger partial charge is 0.472 e. The highest BCUT2D eigenvalue weighted by atomic mass is 31.2. The zero-order valence-corrected chi connectivity index (χ0v) is 70.0. The first-order chi connectivity index (χ1) is 50.5. The average Bonchev–Trinajstić information content (AvgIpc) is 0.921. The highest BCUT2D eigenvalue weighted by molar-refractivity contribution is 7.47. The lowest BCUT2D eigenvalue weighted by Crippen LogP contribution is -2.30. The van der Waals surface area contributed by atoms with Crippen LogP contribution < -0.4 is 0 Å². The lowest BCUT2D eigenvalue weighted by atomic mass is 10.0. The van der Waals surface area contributed by atoms with Gasteiger partial charge in [-0.25, -0.2) is 9.13 Å². The lowest BCUT2D eigenvalue weighted by molar-refractivity contribution is -0.161. The lowest BCUT2D eigenvalue weighted by Gasteiger charge is -2.21. The molecule has 0 bridgehead atoms. The Balaban J connectivity index is 5.16. The molecule has 17 nitrogen and oxygen atoms in total. The predicted molar refractivity (Wildman–Crippen MR) is 428 cm³/mol. The Morgan fingerprint density at radius 3 is 0.654 bits per heavy atom. The molecule has 0 aromatic heterocycles. The Kier molecular flexibility index (Phi) is 76.3. The molecule has 0 aromatic carbocycles. The summed E-state index contributed by atoms with van der Waals surface area (Å²) in [6, 6.07) is 0. The van der Waals surface area contributed by atoms with Crippen molar-refractivity contribution in [3.05, 3.63) is 0 Å². The van der Waals surface area contributed by atoms with Crippen LogP contribution in [0.2, 0.25) is 0 Å². The molecule has 19 heteroatoms. The van der Waals surface area contributed by atoms with Crippen LogP contribution in [0.1, 0.15) is 458 Å². The molecule has 0 fully saturated rings. The molecule has 0 spiro atoms. The minimum Gasteiger partial charge on any atom is -0.462 e. The van der Waals surface area contributed by atoms with Crippen molar-refractivity contribution >= 4 is 39.5 Å². The van der Waals surface area contributed by atoms with E-state index >= 15 is 0 Å². The predicted octanol–water partition coefficient (Wildman–Crippen LogP) is 26.0. The number of unbranched alkanes of at least 4 members (excludes halogenated alkanes) is 57. The van der Waals surface area contributed by atoms with E-state index in [1.54, 1.807) is 0 Å². The molecule has 2 unspecified atom stereocenters. The van der Waals surface area contributed by atoms with Gasteiger partial charge in [-0.3, -0.25) is 37.3 Å². The van der Waals surface area contributed by atoms with Crippen LogP contribution in [0.5, 0.6) is 0 Å². The second-order valence-corrected chi connectivity index (χ2v) is 34.0. The van der Waals surface area contributed by atoms with E-state index in [1.165, 1.54) is 270 Å². The molecule has 0 saturated heterocycles. The number of aliphatic hydroxyl groups excluding tert-OH is 1. The van der Waals surface area contributed by atoms with Crippen molar-refractivity contribution in [3.8, 4) is 0 Å². The minimum atomic E-state index is -4.96. The summed E-state index contributed by atoms with van der Waals surface area (Å²) in [6.07, 6.45) is 71.1. The third kappa shape index (κ3) is 78.2. The number of hydrogen-bond acceptors (Lipinski definition) is 15. The Labute approximate surface area is 638 Å². The van der Waals surface area contributed by atoms with E-state index in [-0.39, 0.29) is 25.7 Å². The van der Waals surface area contributed by atoms with Gasteiger partial charge in [-0.1, -0.05) is 407 Å². The molecule has 0 aliphatic carbocycles. The number of ether oxygens (including phenoxy) is 4. The van der Waals surface area contributed by atoms with Crippen LogP contribution in [0.15, 0.2) is 0 Å². The van der Waals surface area contributed by atoms with Gasteiger partial charge in [-0.15, -0.1) is 0 Å². The number of phosphoric ester groups is 2. The van der Waals surface area contributed by atoms with E-state index in [9.17, 15) is 43.2 Å². The first-order valence-electron chi connectivity index (χ1n) is 44.1. The van der Waals surface area contributed by atoms with Gasteiger partial charge in [0, 0.05) is 25.7 Å². The summed E-state index contributed by atoms with van der Waals surface area (Å²) >= 11 is 0. The van der Waals surface area contributed by atoms with Gasteiger partial charge in [-0.05, 0) is 31.6 Å². The van der Waals surface area contributed by atoms with Gasteiger partial charge >= 0.3 is 39.5 Å². The van der Waals surface area contributed by atoms with Gasteiger partial charge in [-0.2, -0.15) is 0 Å². The number of carbonyl (C=O) groups is 4. The van der Waals surface area contributed by atoms with Crippen molar-refractivity contribution < 1.29 is 80.2 Å². The molecule has 0 aliphatic rings. The maximum Gasteiger partial charge on any atom is 0.472 e. The van der Waals surface area contributed by atoms with E-state index in [4.69, 9.17) is 37.0 Å². The monoisotopic (exact) mass is 1520 g/mol. The van der Waals surface area contributed by atoms with Crippen LogP contribution in [-0.4, -0.2) is 96.7 Å². The van der Waals surface area contributed by atoms with E-state index in [0.717, 1.165) is 109 Å². The van der Waals surface area contributed by atoms with Crippen LogP contribution >= 0.6 is 15.6 Å². The molecule has 5 atom stereocenters.